The van der Waals surface area contributed by atoms with E-state index in [0.717, 1.165) is 44.0 Å². The molecule has 0 radical (unpaired) electrons. The van der Waals surface area contributed by atoms with Gasteiger partial charge in [0.1, 0.15) is 4.83 Å². The van der Waals surface area contributed by atoms with Crippen molar-refractivity contribution in [3.05, 3.63) is 53.0 Å². The molecule has 0 fully saturated rings. The highest BCUT2D eigenvalue weighted by Crippen LogP contribution is 2.35. The predicted molar refractivity (Wildman–Crippen MR) is 124 cm³/mol. The van der Waals surface area contributed by atoms with Crippen molar-refractivity contribution < 1.29 is 4.79 Å². The number of aromatic nitrogens is 2. The van der Waals surface area contributed by atoms with Crippen LogP contribution in [0.2, 0.25) is 0 Å². The van der Waals surface area contributed by atoms with Crippen molar-refractivity contribution in [3.63, 3.8) is 0 Å². The van der Waals surface area contributed by atoms with Gasteiger partial charge in [0.25, 0.3) is 0 Å². The summed E-state index contributed by atoms with van der Waals surface area (Å²) in [6.45, 7) is 4.30. The van der Waals surface area contributed by atoms with Gasteiger partial charge in [-0.1, -0.05) is 13.0 Å². The SMILES string of the molecule is CC/C=C(\CN(C)C(C)=O)c1cc2c(Nc3ccc4scnc4c3)ccnc2s1. The monoisotopic (exact) mass is 422 g/mol. The number of hydrogen-bond acceptors (Lipinski definition) is 6. The Kier molecular flexibility index (Phi) is 5.60. The molecule has 148 valence electrons. The topological polar surface area (TPSA) is 58.1 Å². The molecule has 5 nitrogen and oxygen atoms in total. The second-order valence-corrected chi connectivity index (χ2v) is 8.78. The largest absolute Gasteiger partial charge is 0.355 e. The molecule has 0 unspecified atom stereocenters. The number of hydrogen-bond donors (Lipinski definition) is 1. The van der Waals surface area contributed by atoms with E-state index in [1.54, 1.807) is 34.5 Å². The highest BCUT2D eigenvalue weighted by molar-refractivity contribution is 7.19. The first-order valence-corrected chi connectivity index (χ1v) is 11.1. The van der Waals surface area contributed by atoms with E-state index in [9.17, 15) is 4.79 Å². The lowest BCUT2D eigenvalue weighted by Crippen LogP contribution is -2.25. The van der Waals surface area contributed by atoms with Gasteiger partial charge in [0.2, 0.25) is 5.91 Å². The average Bonchev–Trinajstić information content (AvgIpc) is 3.34. The Bertz CT molecular complexity index is 1210. The zero-order valence-electron chi connectivity index (χ0n) is 16.6. The molecule has 0 spiro atoms. The number of pyridine rings is 1. The van der Waals surface area contributed by atoms with Gasteiger partial charge < -0.3 is 10.2 Å². The van der Waals surface area contributed by atoms with Crippen LogP contribution in [0.15, 0.2) is 48.1 Å². The van der Waals surface area contributed by atoms with Gasteiger partial charge in [0, 0.05) is 42.7 Å². The van der Waals surface area contributed by atoms with E-state index >= 15 is 0 Å². The Hall–Kier alpha value is -2.77. The summed E-state index contributed by atoms with van der Waals surface area (Å²) in [5, 5.41) is 4.60. The number of nitrogens with zero attached hydrogens (tertiary/aromatic N) is 3. The van der Waals surface area contributed by atoms with Crippen molar-refractivity contribution in [1.82, 2.24) is 14.9 Å². The molecule has 4 aromatic rings. The van der Waals surface area contributed by atoms with Gasteiger partial charge in [-0.25, -0.2) is 9.97 Å². The molecule has 0 aliphatic rings. The smallest absolute Gasteiger partial charge is 0.219 e. The summed E-state index contributed by atoms with van der Waals surface area (Å²) in [6, 6.07) is 10.4. The number of nitrogens with one attached hydrogen (secondary N) is 1. The van der Waals surface area contributed by atoms with E-state index < -0.39 is 0 Å². The number of benzene rings is 1. The maximum absolute atomic E-state index is 11.7. The lowest BCUT2D eigenvalue weighted by Gasteiger charge is -2.16. The van der Waals surface area contributed by atoms with E-state index in [-0.39, 0.29) is 5.91 Å². The molecule has 0 saturated carbocycles. The van der Waals surface area contributed by atoms with E-state index in [4.69, 9.17) is 0 Å². The average molecular weight is 423 g/mol. The summed E-state index contributed by atoms with van der Waals surface area (Å²) in [5.41, 5.74) is 6.04. The van der Waals surface area contributed by atoms with E-state index in [1.807, 2.05) is 24.8 Å². The fourth-order valence-electron chi connectivity index (χ4n) is 3.15. The number of thiophene rings is 1. The van der Waals surface area contributed by atoms with Crippen molar-refractivity contribution in [2.24, 2.45) is 0 Å². The van der Waals surface area contributed by atoms with Gasteiger partial charge in [0.15, 0.2) is 0 Å². The molecule has 1 N–H and O–H groups in total. The highest BCUT2D eigenvalue weighted by atomic mass is 32.1. The number of anilines is 2. The summed E-state index contributed by atoms with van der Waals surface area (Å²) in [5.74, 6) is 0.0611. The Labute approximate surface area is 177 Å². The lowest BCUT2D eigenvalue weighted by molar-refractivity contribution is -0.126. The third-order valence-corrected chi connectivity index (χ3v) is 6.69. The Balaban J connectivity index is 1.68. The molecule has 4 rings (SSSR count). The maximum atomic E-state index is 11.7. The van der Waals surface area contributed by atoms with Gasteiger partial charge >= 0.3 is 0 Å². The molecule has 0 aliphatic carbocycles. The molecule has 0 bridgehead atoms. The Morgan fingerprint density at radius 3 is 2.90 bits per heavy atom. The fraction of sp³-hybridized carbons (Fsp3) is 0.227. The number of allylic oxidation sites excluding steroid dienone is 1. The first-order chi connectivity index (χ1) is 14.0. The molecule has 1 aromatic carbocycles. The molecule has 0 atom stereocenters. The van der Waals surface area contributed by atoms with Crippen LogP contribution in [0.3, 0.4) is 0 Å². The van der Waals surface area contributed by atoms with E-state index in [0.29, 0.717) is 6.54 Å². The molecular formula is C22H22N4OS2. The number of rotatable bonds is 6. The summed E-state index contributed by atoms with van der Waals surface area (Å²) < 4.78 is 1.18. The number of carbonyl (C=O) groups is 1. The van der Waals surface area contributed by atoms with Crippen LogP contribution in [0, 0.1) is 0 Å². The van der Waals surface area contributed by atoms with Crippen molar-refractivity contribution in [3.8, 4) is 0 Å². The standard InChI is InChI=1S/C22H22N4OS2/c1-4-5-15(12-26(3)14(2)27)21-11-17-18(8-9-23-22(17)29-21)25-16-6-7-20-19(10-16)24-13-28-20/h5-11,13H,4,12H2,1-3H3,(H,23,25)/b15-5+. The van der Waals surface area contributed by atoms with Crippen LogP contribution in [-0.2, 0) is 4.79 Å². The van der Waals surface area contributed by atoms with Crippen molar-refractivity contribution in [1.29, 1.82) is 0 Å². The van der Waals surface area contributed by atoms with Crippen LogP contribution >= 0.6 is 22.7 Å². The third-order valence-electron chi connectivity index (χ3n) is 4.76. The minimum absolute atomic E-state index is 0.0611. The Morgan fingerprint density at radius 2 is 2.10 bits per heavy atom. The normalized spacial score (nSPS) is 11.9. The summed E-state index contributed by atoms with van der Waals surface area (Å²) in [4.78, 5) is 24.5. The second kappa shape index (κ2) is 8.31. The highest BCUT2D eigenvalue weighted by Gasteiger charge is 2.14. The van der Waals surface area contributed by atoms with Crippen LogP contribution in [0.1, 0.15) is 25.1 Å². The molecule has 29 heavy (non-hydrogen) atoms. The number of thiazole rings is 1. The van der Waals surface area contributed by atoms with Crippen molar-refractivity contribution in [2.75, 3.05) is 18.9 Å². The lowest BCUT2D eigenvalue weighted by atomic mass is 10.1. The number of fused-ring (bicyclic) bond motifs is 2. The third kappa shape index (κ3) is 4.16. The Morgan fingerprint density at radius 1 is 1.24 bits per heavy atom. The minimum atomic E-state index is 0.0611. The molecular weight excluding hydrogens is 400 g/mol. The molecule has 1 amide bonds. The number of amides is 1. The van der Waals surface area contributed by atoms with Crippen molar-refractivity contribution >= 4 is 66.0 Å². The predicted octanol–water partition coefficient (Wildman–Crippen LogP) is 5.92. The molecule has 3 aromatic heterocycles. The zero-order chi connectivity index (χ0) is 20.4. The summed E-state index contributed by atoms with van der Waals surface area (Å²) >= 11 is 3.30. The van der Waals surface area contributed by atoms with Crippen LogP contribution < -0.4 is 5.32 Å². The van der Waals surface area contributed by atoms with E-state index in [1.165, 1.54) is 4.70 Å². The van der Waals surface area contributed by atoms with Crippen molar-refractivity contribution in [2.45, 2.75) is 20.3 Å². The van der Waals surface area contributed by atoms with Gasteiger partial charge in [0.05, 0.1) is 21.4 Å². The van der Waals surface area contributed by atoms with Gasteiger partial charge in [-0.05, 0) is 42.3 Å². The van der Waals surface area contributed by atoms with E-state index in [2.05, 4.69) is 52.5 Å². The minimum Gasteiger partial charge on any atom is -0.355 e. The van der Waals surface area contributed by atoms with Gasteiger partial charge in [-0.3, -0.25) is 4.79 Å². The van der Waals surface area contributed by atoms with Gasteiger partial charge in [-0.2, -0.15) is 0 Å². The zero-order valence-corrected chi connectivity index (χ0v) is 18.2. The first kappa shape index (κ1) is 19.5. The maximum Gasteiger partial charge on any atom is 0.219 e. The fourth-order valence-corrected chi connectivity index (χ4v) is 4.87. The number of carbonyl (C=O) groups excluding carboxylic acids is 1. The second-order valence-electron chi connectivity index (χ2n) is 6.86. The molecule has 0 aliphatic heterocycles. The van der Waals surface area contributed by atoms with Crippen LogP contribution in [0.25, 0.3) is 26.0 Å². The molecule has 3 heterocycles. The quantitative estimate of drug-likeness (QED) is 0.419. The van der Waals surface area contributed by atoms with Crippen LogP contribution in [0.5, 0.6) is 0 Å². The summed E-state index contributed by atoms with van der Waals surface area (Å²) in [7, 11) is 1.83. The number of likely N-dealkylation sites (N-methyl/N-ethyl adjacent to an activating group) is 1. The summed E-state index contributed by atoms with van der Waals surface area (Å²) in [6.07, 6.45) is 4.94. The van der Waals surface area contributed by atoms with Gasteiger partial charge in [-0.15, -0.1) is 22.7 Å². The first-order valence-electron chi connectivity index (χ1n) is 9.45. The molecule has 0 saturated heterocycles. The molecule has 7 heteroatoms. The van der Waals surface area contributed by atoms with Crippen LogP contribution in [-0.4, -0.2) is 34.4 Å². The van der Waals surface area contributed by atoms with Crippen LogP contribution in [0.4, 0.5) is 11.4 Å².